The minimum atomic E-state index is -1.27. The Morgan fingerprint density at radius 2 is 1.85 bits per heavy atom. The number of ether oxygens (including phenoxy) is 1. The molecule has 20 heavy (non-hydrogen) atoms. The molecular weight excluding hydrogens is 258 g/mol. The van der Waals surface area contributed by atoms with E-state index in [1.807, 2.05) is 44.2 Å². The van der Waals surface area contributed by atoms with E-state index in [0.717, 1.165) is 10.5 Å². The Morgan fingerprint density at radius 3 is 2.35 bits per heavy atom. The molecule has 0 spiro atoms. The Kier molecular flexibility index (Phi) is 6.03. The molecule has 0 radical (unpaired) electrons. The summed E-state index contributed by atoms with van der Waals surface area (Å²) < 4.78 is 5.10. The lowest BCUT2D eigenvalue weighted by atomic mass is 10.0. The SMILES string of the molecule is CC(C)C[C@H](C(=O)[O-])N(C)C(=O)OCc1ccccc1. The van der Waals surface area contributed by atoms with Crippen LogP contribution >= 0.6 is 0 Å². The maximum Gasteiger partial charge on any atom is 0.410 e. The molecule has 0 N–H and O–H groups in total. The highest BCUT2D eigenvalue weighted by molar-refractivity contribution is 5.78. The van der Waals surface area contributed by atoms with Crippen molar-refractivity contribution in [1.82, 2.24) is 4.90 Å². The number of carbonyl (C=O) groups is 2. The van der Waals surface area contributed by atoms with Crippen LogP contribution in [0.25, 0.3) is 0 Å². The molecule has 0 unspecified atom stereocenters. The van der Waals surface area contributed by atoms with E-state index in [2.05, 4.69) is 0 Å². The maximum absolute atomic E-state index is 11.9. The molecule has 0 saturated heterocycles. The predicted molar refractivity (Wildman–Crippen MR) is 72.6 cm³/mol. The Morgan fingerprint density at radius 1 is 1.25 bits per heavy atom. The number of hydrogen-bond donors (Lipinski definition) is 0. The van der Waals surface area contributed by atoms with E-state index in [1.165, 1.54) is 7.05 Å². The molecule has 0 heterocycles. The van der Waals surface area contributed by atoms with Crippen LogP contribution in [0.3, 0.4) is 0 Å². The monoisotopic (exact) mass is 278 g/mol. The zero-order valence-electron chi connectivity index (χ0n) is 12.0. The van der Waals surface area contributed by atoms with Crippen molar-refractivity contribution in [1.29, 1.82) is 0 Å². The van der Waals surface area contributed by atoms with Gasteiger partial charge in [0, 0.05) is 7.05 Å². The van der Waals surface area contributed by atoms with Gasteiger partial charge in [-0.1, -0.05) is 44.2 Å². The number of carboxylic acids is 1. The third-order valence-electron chi connectivity index (χ3n) is 2.93. The smallest absolute Gasteiger partial charge is 0.410 e. The highest BCUT2D eigenvalue weighted by atomic mass is 16.6. The fraction of sp³-hybridized carbons (Fsp3) is 0.467. The van der Waals surface area contributed by atoms with Crippen LogP contribution in [0.15, 0.2) is 30.3 Å². The largest absolute Gasteiger partial charge is 0.548 e. The average molecular weight is 278 g/mol. The third-order valence-corrected chi connectivity index (χ3v) is 2.93. The van der Waals surface area contributed by atoms with Crippen molar-refractivity contribution in [3.63, 3.8) is 0 Å². The zero-order valence-corrected chi connectivity index (χ0v) is 12.0. The van der Waals surface area contributed by atoms with Crippen molar-refractivity contribution in [2.24, 2.45) is 5.92 Å². The standard InChI is InChI=1S/C15H21NO4/c1-11(2)9-13(14(17)18)16(3)15(19)20-10-12-7-5-4-6-8-12/h4-8,11,13H,9-10H2,1-3H3,(H,17,18)/p-1/t13-/m1/s1. The number of benzene rings is 1. The van der Waals surface area contributed by atoms with Crippen LogP contribution in [-0.4, -0.2) is 30.1 Å². The van der Waals surface area contributed by atoms with E-state index in [0.29, 0.717) is 6.42 Å². The number of likely N-dealkylation sites (N-methyl/N-ethyl adjacent to an activating group) is 1. The molecule has 5 heteroatoms. The first-order valence-corrected chi connectivity index (χ1v) is 6.56. The van der Waals surface area contributed by atoms with Gasteiger partial charge < -0.3 is 19.5 Å². The van der Waals surface area contributed by atoms with Gasteiger partial charge >= 0.3 is 6.09 Å². The fourth-order valence-electron chi connectivity index (χ4n) is 1.81. The quantitative estimate of drug-likeness (QED) is 0.789. The molecule has 0 fully saturated rings. The molecule has 110 valence electrons. The summed E-state index contributed by atoms with van der Waals surface area (Å²) in [7, 11) is 1.41. The molecule has 1 amide bonds. The molecule has 0 bridgehead atoms. The molecule has 1 aromatic rings. The normalized spacial score (nSPS) is 12.0. The molecule has 1 atom stereocenters. The van der Waals surface area contributed by atoms with Gasteiger partial charge in [-0.25, -0.2) is 4.79 Å². The second-order valence-corrected chi connectivity index (χ2v) is 5.12. The van der Waals surface area contributed by atoms with E-state index in [9.17, 15) is 14.7 Å². The molecule has 1 aromatic carbocycles. The lowest BCUT2D eigenvalue weighted by Gasteiger charge is -2.29. The Balaban J connectivity index is 2.58. The van der Waals surface area contributed by atoms with E-state index in [4.69, 9.17) is 4.74 Å². The molecule has 0 aliphatic rings. The fourth-order valence-corrected chi connectivity index (χ4v) is 1.81. The van der Waals surface area contributed by atoms with Gasteiger partial charge in [0.05, 0.1) is 12.0 Å². The number of aliphatic carboxylic acids is 1. The zero-order chi connectivity index (χ0) is 15.1. The van der Waals surface area contributed by atoms with Crippen LogP contribution in [0.4, 0.5) is 4.79 Å². The van der Waals surface area contributed by atoms with E-state index in [1.54, 1.807) is 0 Å². The summed E-state index contributed by atoms with van der Waals surface area (Å²) in [5, 5.41) is 11.1. The van der Waals surface area contributed by atoms with Gasteiger partial charge in [0.15, 0.2) is 0 Å². The second-order valence-electron chi connectivity index (χ2n) is 5.12. The van der Waals surface area contributed by atoms with Gasteiger partial charge in [0.25, 0.3) is 0 Å². The molecule has 0 aliphatic carbocycles. The summed E-state index contributed by atoms with van der Waals surface area (Å²) in [5.41, 5.74) is 0.850. The Hall–Kier alpha value is -2.04. The Bertz CT molecular complexity index is 444. The molecule has 0 saturated carbocycles. The topological polar surface area (TPSA) is 69.7 Å². The van der Waals surface area contributed by atoms with Crippen molar-refractivity contribution in [3.05, 3.63) is 35.9 Å². The summed E-state index contributed by atoms with van der Waals surface area (Å²) >= 11 is 0. The average Bonchev–Trinajstić information content (AvgIpc) is 2.42. The third kappa shape index (κ3) is 4.91. The van der Waals surface area contributed by atoms with Gasteiger partial charge in [-0.2, -0.15) is 0 Å². The molecule has 0 aliphatic heterocycles. The number of carbonyl (C=O) groups excluding carboxylic acids is 2. The summed E-state index contributed by atoms with van der Waals surface area (Å²) in [6.07, 6.45) is -0.331. The molecule has 0 aromatic heterocycles. The van der Waals surface area contributed by atoms with Crippen molar-refractivity contribution in [3.8, 4) is 0 Å². The first-order chi connectivity index (χ1) is 9.41. The van der Waals surface area contributed by atoms with Crippen LogP contribution in [0.5, 0.6) is 0 Å². The van der Waals surface area contributed by atoms with Crippen LogP contribution < -0.4 is 5.11 Å². The van der Waals surface area contributed by atoms with E-state index in [-0.39, 0.29) is 12.5 Å². The van der Waals surface area contributed by atoms with Gasteiger partial charge in [0.1, 0.15) is 6.61 Å². The van der Waals surface area contributed by atoms with E-state index >= 15 is 0 Å². The van der Waals surface area contributed by atoms with Crippen molar-refractivity contribution in [2.75, 3.05) is 7.05 Å². The lowest BCUT2D eigenvalue weighted by Crippen LogP contribution is -2.49. The lowest BCUT2D eigenvalue weighted by molar-refractivity contribution is -0.311. The first-order valence-electron chi connectivity index (χ1n) is 6.56. The van der Waals surface area contributed by atoms with Gasteiger partial charge in [0.2, 0.25) is 0 Å². The molecule has 1 rings (SSSR count). The van der Waals surface area contributed by atoms with Crippen molar-refractivity contribution in [2.45, 2.75) is 32.9 Å². The van der Waals surface area contributed by atoms with Crippen LogP contribution in [0.2, 0.25) is 0 Å². The number of amides is 1. The number of rotatable bonds is 6. The molecular formula is C15H20NO4-. The van der Waals surface area contributed by atoms with E-state index < -0.39 is 18.1 Å². The second kappa shape index (κ2) is 7.53. The highest BCUT2D eigenvalue weighted by Crippen LogP contribution is 2.12. The van der Waals surface area contributed by atoms with Crippen LogP contribution in [0, 0.1) is 5.92 Å². The Labute approximate surface area is 119 Å². The molecule has 5 nitrogen and oxygen atoms in total. The number of carboxylic acid groups (broad SMARTS) is 1. The van der Waals surface area contributed by atoms with Crippen molar-refractivity contribution >= 4 is 12.1 Å². The van der Waals surface area contributed by atoms with Gasteiger partial charge in [-0.05, 0) is 17.9 Å². The first kappa shape index (κ1) is 16.0. The van der Waals surface area contributed by atoms with Crippen LogP contribution in [-0.2, 0) is 16.1 Å². The minimum Gasteiger partial charge on any atom is -0.548 e. The summed E-state index contributed by atoms with van der Waals surface area (Å²) in [6.45, 7) is 3.89. The van der Waals surface area contributed by atoms with Crippen LogP contribution in [0.1, 0.15) is 25.8 Å². The highest BCUT2D eigenvalue weighted by Gasteiger charge is 2.23. The summed E-state index contributed by atoms with van der Waals surface area (Å²) in [4.78, 5) is 24.0. The van der Waals surface area contributed by atoms with Gasteiger partial charge in [-0.15, -0.1) is 0 Å². The minimum absolute atomic E-state index is 0.117. The summed E-state index contributed by atoms with van der Waals surface area (Å²) in [5.74, 6) is -1.12. The predicted octanol–water partition coefficient (Wildman–Crippen LogP) is 1.42. The van der Waals surface area contributed by atoms with Crippen molar-refractivity contribution < 1.29 is 19.4 Å². The maximum atomic E-state index is 11.9. The number of nitrogens with zero attached hydrogens (tertiary/aromatic N) is 1. The number of hydrogen-bond acceptors (Lipinski definition) is 4. The van der Waals surface area contributed by atoms with Gasteiger partial charge in [-0.3, -0.25) is 0 Å². The summed E-state index contributed by atoms with van der Waals surface area (Å²) in [6, 6.07) is 8.24.